The topological polar surface area (TPSA) is 16.3 Å². The molecule has 0 fully saturated rings. The Hall–Kier alpha value is -15.0. The normalized spacial score (nSPS) is 14.9. The Morgan fingerprint density at radius 2 is 0.521 bits per heavy atom. The van der Waals surface area contributed by atoms with Crippen LogP contribution in [0.15, 0.2) is 400 Å². The molecule has 0 spiro atoms. The quantitative estimate of drug-likeness (QED) is 0.111. The van der Waals surface area contributed by atoms with Crippen molar-refractivity contribution in [2.75, 3.05) is 9.80 Å². The minimum atomic E-state index is -0.905. The third kappa shape index (κ3) is 10.2. The van der Waals surface area contributed by atoms with Gasteiger partial charge in [0.2, 0.25) is 0 Å². The molecule has 4 heterocycles. The molecule has 25 rings (SSSR count). The Labute approximate surface area is 714 Å². The molecule has 23 aromatic rings. The van der Waals surface area contributed by atoms with Gasteiger partial charge in [-0.05, 0) is 221 Å². The van der Waals surface area contributed by atoms with E-state index in [0.717, 1.165) is 119 Å². The van der Waals surface area contributed by atoms with Gasteiger partial charge in [-0.15, -0.1) is 0 Å². The summed E-state index contributed by atoms with van der Waals surface area (Å²) < 4.78 is 178. The lowest BCUT2D eigenvalue weighted by atomic mass is 9.33. The second kappa shape index (κ2) is 25.7. The lowest BCUT2D eigenvalue weighted by Gasteiger charge is -2.46. The van der Waals surface area contributed by atoms with E-state index in [1.54, 1.807) is 9.13 Å². The Kier molecular flexibility index (Phi) is 11.2. The summed E-state index contributed by atoms with van der Waals surface area (Å²) in [6.45, 7) is 5.57. The van der Waals surface area contributed by atoms with Crippen molar-refractivity contribution in [1.29, 1.82) is 0 Å². The lowest BCUT2D eigenvalue weighted by molar-refractivity contribution is 0.590. The minimum Gasteiger partial charge on any atom is -0.310 e. The Bertz CT molecular complexity index is 8540. The molecule has 0 radical (unpaired) electrons. The molecule has 2 aliphatic heterocycles. The van der Waals surface area contributed by atoms with Gasteiger partial charge in [0, 0.05) is 77.9 Å². The summed E-state index contributed by atoms with van der Waals surface area (Å²) in [6, 6.07) is 91.0. The zero-order valence-corrected chi connectivity index (χ0v) is 64.6. The molecule has 0 amide bonds. The highest BCUT2D eigenvalue weighted by molar-refractivity contribution is 7.00. The van der Waals surface area contributed by atoms with Crippen molar-refractivity contribution < 1.29 is 24.7 Å². The van der Waals surface area contributed by atoms with Crippen molar-refractivity contribution in [1.82, 2.24) is 9.13 Å². The molecule has 0 aliphatic carbocycles. The zero-order valence-electron chi connectivity index (χ0n) is 82.6. The molecule has 4 nitrogen and oxygen atoms in total. The highest BCUT2D eigenvalue weighted by Gasteiger charge is 2.46. The highest BCUT2D eigenvalue weighted by atomic mass is 15.2. The second-order valence-electron chi connectivity index (χ2n) is 32.5. The lowest BCUT2D eigenvalue weighted by Crippen LogP contribution is -2.61. The molecule has 2 aromatic heterocycles. The van der Waals surface area contributed by atoms with Gasteiger partial charge in [0.05, 0.1) is 58.1 Å². The van der Waals surface area contributed by atoms with Crippen LogP contribution in [0.4, 0.5) is 34.1 Å². The van der Waals surface area contributed by atoms with Gasteiger partial charge in [-0.2, -0.15) is 0 Å². The first-order valence-corrected chi connectivity index (χ1v) is 40.1. The molecule has 21 aromatic carbocycles. The SMILES string of the molecule is [2H]c1cc(-c2ccc3ccc4ccccc4c3c2)c(N2c3cc(-n4c5c([2H])c([2H])c([2H])c([2H])c5c5c([2H])c([2H])c([2H])c([2H])c54)ccc3B3c4ccc(-n5c6c([2H])c([2H])c([2H])c([2H])c6c6c([2H])c([2H])c([2H])c([2H])c65)cc4N(c4c(-c5ccc6ccc7ccccc7c6c5)cc([2H])cc4-c4ccc5ccc6ccccc6c5c4)c4cc(C(C)(C)C)cc2c43)c(-c2ccc3ccc4ccccc4c3c2)c1. The first-order chi connectivity index (χ1) is 66.1. The van der Waals surface area contributed by atoms with Crippen molar-refractivity contribution in [2.45, 2.75) is 26.2 Å². The number of nitrogens with zero attached hydrogens (tertiary/aromatic N) is 4. The monoisotopic (exact) mass is 1530 g/mol. The van der Waals surface area contributed by atoms with Crippen LogP contribution < -0.4 is 26.2 Å². The Balaban J connectivity index is 0.890. The smallest absolute Gasteiger partial charge is 0.252 e. The van der Waals surface area contributed by atoms with E-state index >= 15 is 0 Å². The van der Waals surface area contributed by atoms with E-state index in [1.807, 2.05) is 109 Å². The fourth-order valence-corrected chi connectivity index (χ4v) is 19.5. The number of hydrogen-bond acceptors (Lipinski definition) is 2. The first kappa shape index (κ1) is 51.7. The molecule has 0 bridgehead atoms. The van der Waals surface area contributed by atoms with Crippen LogP contribution in [0.25, 0.3) is 186 Å². The third-order valence-electron chi connectivity index (χ3n) is 25.1. The molecule has 5 heteroatoms. The summed E-state index contributed by atoms with van der Waals surface area (Å²) >= 11 is 0. The highest BCUT2D eigenvalue weighted by Crippen LogP contribution is 2.56. The largest absolute Gasteiger partial charge is 0.310 e. The average Bonchev–Trinajstić information content (AvgIpc) is 1.17. The zero-order chi connectivity index (χ0) is 94.1. The van der Waals surface area contributed by atoms with Crippen LogP contribution in [-0.2, 0) is 5.41 Å². The molecular formula is C114H75BN4. The summed E-state index contributed by atoms with van der Waals surface area (Å²) in [5.74, 6) is 0. The molecule has 0 saturated carbocycles. The van der Waals surface area contributed by atoms with Crippen molar-refractivity contribution in [3.05, 3.63) is 406 Å². The number of rotatable bonds is 8. The van der Waals surface area contributed by atoms with Gasteiger partial charge < -0.3 is 18.9 Å². The predicted molar refractivity (Wildman–Crippen MR) is 510 cm³/mol. The van der Waals surface area contributed by atoms with Crippen LogP contribution in [0.5, 0.6) is 0 Å². The van der Waals surface area contributed by atoms with E-state index in [1.165, 1.54) is 0 Å². The molecule has 0 saturated heterocycles. The van der Waals surface area contributed by atoms with Crippen molar-refractivity contribution in [3.8, 4) is 55.9 Å². The molecule has 0 N–H and O–H groups in total. The van der Waals surface area contributed by atoms with Crippen LogP contribution in [0.3, 0.4) is 0 Å². The van der Waals surface area contributed by atoms with Crippen LogP contribution in [0.2, 0.25) is 0 Å². The van der Waals surface area contributed by atoms with Crippen LogP contribution in [0, 0.1) is 0 Å². The van der Waals surface area contributed by atoms with E-state index in [2.05, 4.69) is 213 Å². The fraction of sp³-hybridized carbons (Fsp3) is 0.0351. The van der Waals surface area contributed by atoms with E-state index in [4.69, 9.17) is 0 Å². The van der Waals surface area contributed by atoms with E-state index in [0.29, 0.717) is 67.3 Å². The van der Waals surface area contributed by atoms with Crippen LogP contribution >= 0.6 is 0 Å². The summed E-state index contributed by atoms with van der Waals surface area (Å²) in [5, 5.41) is 15.3. The summed E-state index contributed by atoms with van der Waals surface area (Å²) in [4.78, 5) is 4.56. The number of hydrogen-bond donors (Lipinski definition) is 0. The van der Waals surface area contributed by atoms with Crippen molar-refractivity contribution in [3.63, 3.8) is 0 Å². The van der Waals surface area contributed by atoms with Crippen LogP contribution in [-0.4, -0.2) is 15.8 Å². The third-order valence-corrected chi connectivity index (χ3v) is 25.1. The Morgan fingerprint density at radius 3 is 0.824 bits per heavy atom. The van der Waals surface area contributed by atoms with E-state index in [9.17, 15) is 24.7 Å². The molecule has 119 heavy (non-hydrogen) atoms. The number of aromatic nitrogens is 2. The average molecular weight is 1530 g/mol. The van der Waals surface area contributed by atoms with Gasteiger partial charge in [-0.25, -0.2) is 0 Å². The first-order valence-electron chi connectivity index (χ1n) is 49.1. The molecule has 0 unspecified atom stereocenters. The second-order valence-corrected chi connectivity index (χ2v) is 32.5. The summed E-state index contributed by atoms with van der Waals surface area (Å²) in [7, 11) is 0. The number of para-hydroxylation sites is 6. The number of benzene rings is 21. The van der Waals surface area contributed by atoms with Gasteiger partial charge in [-0.3, -0.25) is 0 Å². The summed E-state index contributed by atoms with van der Waals surface area (Å²) in [6.07, 6.45) is 0. The maximum Gasteiger partial charge on any atom is 0.252 e. The van der Waals surface area contributed by atoms with E-state index in [-0.39, 0.29) is 67.1 Å². The Morgan fingerprint density at radius 1 is 0.244 bits per heavy atom. The van der Waals surface area contributed by atoms with Gasteiger partial charge in [-0.1, -0.05) is 336 Å². The van der Waals surface area contributed by atoms with Gasteiger partial charge in [0.15, 0.2) is 0 Å². The standard InChI is InChI=1S/C114H75BN4/c1-114(2,3)82-66-109-111-110(67-82)119(113-91(80-56-52-76-48-44-72-24-6-10-28-87(72)99(76)64-80)36-21-37-92(113)81-57-53-77-49-45-73-25-7-11-29-88(73)100(77)65-81)108-69-84(117-105-40-18-14-32-95(105)96-33-15-19-41-106(96)117)59-61-102(108)115(111)101-60-58-83(116-103-38-16-12-30-93(103)94-31-13-17-39-104(94)116)68-107(101)118(109)112-89(78-54-50-74-46-42-70-22-4-8-26-85(70)97(74)62-78)34-20-35-90(112)79-55-51-75-47-43-71-23-5-9-27-86(71)98(75)63-79/h4-69H,1-3H3/i12D,13D,14D,15D,16D,17D,18D,19D,20D,21D,30D,31D,32D,33D,38D,39D,40D,41D. The van der Waals surface area contributed by atoms with Crippen molar-refractivity contribution in [2.24, 2.45) is 0 Å². The molecule has 554 valence electrons. The predicted octanol–water partition coefficient (Wildman–Crippen LogP) is 29.2. The maximum absolute atomic E-state index is 10.5. The molecule has 0 atom stereocenters. The van der Waals surface area contributed by atoms with E-state index < -0.39 is 109 Å². The summed E-state index contributed by atoms with van der Waals surface area (Å²) in [5.41, 5.74) is 11.2. The maximum atomic E-state index is 10.5. The fourth-order valence-electron chi connectivity index (χ4n) is 19.5. The van der Waals surface area contributed by atoms with Gasteiger partial charge in [0.25, 0.3) is 6.71 Å². The number of anilines is 6. The number of fused-ring (bicyclic) bond motifs is 22. The molecular weight excluding hydrogens is 1440 g/mol. The minimum absolute atomic E-state index is 0.0970. The molecule has 2 aliphatic rings. The van der Waals surface area contributed by atoms with Crippen molar-refractivity contribution >= 4 is 187 Å². The van der Waals surface area contributed by atoms with Crippen LogP contribution in [0.1, 0.15) is 51.0 Å². The van der Waals surface area contributed by atoms with Gasteiger partial charge >= 0.3 is 0 Å². The van der Waals surface area contributed by atoms with Gasteiger partial charge in [0.1, 0.15) is 0 Å².